The van der Waals surface area contributed by atoms with Crippen molar-refractivity contribution in [1.82, 2.24) is 5.32 Å². The van der Waals surface area contributed by atoms with Crippen LogP contribution in [0.15, 0.2) is 18.2 Å². The molecular weight excluding hydrogens is 265 g/mol. The van der Waals surface area contributed by atoms with Gasteiger partial charge in [-0.2, -0.15) is 0 Å². The van der Waals surface area contributed by atoms with Gasteiger partial charge < -0.3 is 5.32 Å². The van der Waals surface area contributed by atoms with E-state index in [1.54, 1.807) is 0 Å². The summed E-state index contributed by atoms with van der Waals surface area (Å²) >= 11 is 12.2. The normalized spacial score (nSPS) is 19.3. The van der Waals surface area contributed by atoms with Gasteiger partial charge >= 0.3 is 0 Å². The Labute approximate surface area is 120 Å². The molecule has 1 saturated carbocycles. The summed E-state index contributed by atoms with van der Waals surface area (Å²) in [4.78, 5) is 0. The second-order valence-corrected chi connectivity index (χ2v) is 6.12. The molecule has 1 aliphatic carbocycles. The summed E-state index contributed by atoms with van der Waals surface area (Å²) < 4.78 is 0. The van der Waals surface area contributed by atoms with Crippen LogP contribution in [0.2, 0.25) is 10.0 Å². The molecule has 1 fully saturated rings. The van der Waals surface area contributed by atoms with Gasteiger partial charge in [-0.15, -0.1) is 0 Å². The SMILES string of the molecule is CCC(NC(C)C1CCC1)c1ccc(Cl)cc1Cl. The zero-order valence-electron chi connectivity index (χ0n) is 11.0. The van der Waals surface area contributed by atoms with E-state index >= 15 is 0 Å². The van der Waals surface area contributed by atoms with Crippen LogP contribution in [0.5, 0.6) is 0 Å². The first-order valence-corrected chi connectivity index (χ1v) is 7.58. The fourth-order valence-corrected chi connectivity index (χ4v) is 3.15. The summed E-state index contributed by atoms with van der Waals surface area (Å²) in [5.74, 6) is 0.838. The van der Waals surface area contributed by atoms with E-state index in [4.69, 9.17) is 23.2 Å². The molecule has 3 heteroatoms. The third-order valence-corrected chi connectivity index (χ3v) is 4.63. The van der Waals surface area contributed by atoms with E-state index in [2.05, 4.69) is 19.2 Å². The fraction of sp³-hybridized carbons (Fsp3) is 0.600. The Hall–Kier alpha value is -0.240. The van der Waals surface area contributed by atoms with Crippen molar-refractivity contribution in [2.75, 3.05) is 0 Å². The zero-order valence-corrected chi connectivity index (χ0v) is 12.6. The van der Waals surface area contributed by atoms with Gasteiger partial charge in [-0.1, -0.05) is 42.6 Å². The minimum Gasteiger partial charge on any atom is -0.307 e. The highest BCUT2D eigenvalue weighted by molar-refractivity contribution is 6.35. The number of benzene rings is 1. The summed E-state index contributed by atoms with van der Waals surface area (Å²) in [5, 5.41) is 5.18. The fourth-order valence-electron chi connectivity index (χ4n) is 2.60. The van der Waals surface area contributed by atoms with Gasteiger partial charge in [0.05, 0.1) is 0 Å². The van der Waals surface area contributed by atoms with Crippen molar-refractivity contribution in [2.45, 2.75) is 51.6 Å². The number of hydrogen-bond acceptors (Lipinski definition) is 1. The van der Waals surface area contributed by atoms with E-state index < -0.39 is 0 Å². The number of halogens is 2. The predicted molar refractivity (Wildman–Crippen MR) is 79.4 cm³/mol. The van der Waals surface area contributed by atoms with Gasteiger partial charge in [-0.05, 0) is 49.8 Å². The molecule has 2 atom stereocenters. The first kappa shape index (κ1) is 14.2. The van der Waals surface area contributed by atoms with Gasteiger partial charge in [0.1, 0.15) is 0 Å². The topological polar surface area (TPSA) is 12.0 Å². The minimum atomic E-state index is 0.324. The van der Waals surface area contributed by atoms with Gasteiger partial charge in [0, 0.05) is 22.1 Å². The van der Waals surface area contributed by atoms with Crippen LogP contribution in [0.1, 0.15) is 51.1 Å². The molecule has 0 amide bonds. The van der Waals surface area contributed by atoms with Crippen LogP contribution in [0.25, 0.3) is 0 Å². The summed E-state index contributed by atoms with van der Waals surface area (Å²) in [6.07, 6.45) is 5.14. The third-order valence-electron chi connectivity index (χ3n) is 4.07. The highest BCUT2D eigenvalue weighted by Gasteiger charge is 2.26. The van der Waals surface area contributed by atoms with Crippen molar-refractivity contribution in [1.29, 1.82) is 0 Å². The summed E-state index contributed by atoms with van der Waals surface area (Å²) in [7, 11) is 0. The maximum absolute atomic E-state index is 6.29. The van der Waals surface area contributed by atoms with Crippen molar-refractivity contribution >= 4 is 23.2 Å². The number of hydrogen-bond donors (Lipinski definition) is 1. The van der Waals surface area contributed by atoms with E-state index in [0.29, 0.717) is 17.1 Å². The Bertz CT molecular complexity index is 401. The Morgan fingerprint density at radius 3 is 2.56 bits per heavy atom. The lowest BCUT2D eigenvalue weighted by atomic mass is 9.80. The molecule has 0 radical (unpaired) electrons. The smallest absolute Gasteiger partial charge is 0.0468 e. The second kappa shape index (κ2) is 6.27. The third kappa shape index (κ3) is 3.20. The van der Waals surface area contributed by atoms with Crippen LogP contribution in [-0.4, -0.2) is 6.04 Å². The molecule has 2 rings (SSSR count). The first-order chi connectivity index (χ1) is 8.61. The van der Waals surface area contributed by atoms with E-state index in [1.807, 2.05) is 18.2 Å². The molecule has 0 aliphatic heterocycles. The number of nitrogens with one attached hydrogen (secondary N) is 1. The standard InChI is InChI=1S/C15H21Cl2N/c1-3-15(18-10(2)11-5-4-6-11)13-8-7-12(16)9-14(13)17/h7-11,15,18H,3-6H2,1-2H3. The quantitative estimate of drug-likeness (QED) is 0.782. The lowest BCUT2D eigenvalue weighted by Gasteiger charge is -2.35. The van der Waals surface area contributed by atoms with E-state index in [1.165, 1.54) is 19.3 Å². The Balaban J connectivity index is 2.07. The summed E-state index contributed by atoms with van der Waals surface area (Å²) in [5.41, 5.74) is 1.16. The molecular formula is C15H21Cl2N. The molecule has 1 N–H and O–H groups in total. The molecule has 18 heavy (non-hydrogen) atoms. The van der Waals surface area contributed by atoms with Crippen LogP contribution in [0.4, 0.5) is 0 Å². The van der Waals surface area contributed by atoms with Crippen LogP contribution in [-0.2, 0) is 0 Å². The monoisotopic (exact) mass is 285 g/mol. The lowest BCUT2D eigenvalue weighted by molar-refractivity contribution is 0.225. The molecule has 0 bridgehead atoms. The summed E-state index contributed by atoms with van der Waals surface area (Å²) in [6.45, 7) is 4.48. The predicted octanol–water partition coefficient (Wildman–Crippen LogP) is 5.22. The molecule has 1 aromatic carbocycles. The van der Waals surface area contributed by atoms with Crippen LogP contribution in [0.3, 0.4) is 0 Å². The first-order valence-electron chi connectivity index (χ1n) is 6.82. The van der Waals surface area contributed by atoms with E-state index in [9.17, 15) is 0 Å². The van der Waals surface area contributed by atoms with E-state index in [0.717, 1.165) is 22.9 Å². The van der Waals surface area contributed by atoms with Crippen LogP contribution < -0.4 is 5.32 Å². The lowest BCUT2D eigenvalue weighted by Crippen LogP contribution is -2.39. The van der Waals surface area contributed by atoms with Crippen LogP contribution >= 0.6 is 23.2 Å². The zero-order chi connectivity index (χ0) is 13.1. The highest BCUT2D eigenvalue weighted by Crippen LogP contribution is 2.33. The van der Waals surface area contributed by atoms with Crippen molar-refractivity contribution in [3.8, 4) is 0 Å². The molecule has 100 valence electrons. The summed E-state index contributed by atoms with van der Waals surface area (Å²) in [6, 6.07) is 6.68. The van der Waals surface area contributed by atoms with Gasteiger partial charge in [-0.25, -0.2) is 0 Å². The molecule has 1 aliphatic rings. The van der Waals surface area contributed by atoms with Gasteiger partial charge in [0.25, 0.3) is 0 Å². The molecule has 0 aromatic heterocycles. The van der Waals surface area contributed by atoms with Crippen molar-refractivity contribution in [3.63, 3.8) is 0 Å². The molecule has 0 spiro atoms. The maximum Gasteiger partial charge on any atom is 0.0468 e. The molecule has 0 saturated heterocycles. The Kier molecular flexibility index (Phi) is 4.94. The molecule has 1 aromatic rings. The Morgan fingerprint density at radius 2 is 2.06 bits per heavy atom. The van der Waals surface area contributed by atoms with Gasteiger partial charge in [0.15, 0.2) is 0 Å². The van der Waals surface area contributed by atoms with Gasteiger partial charge in [-0.3, -0.25) is 0 Å². The van der Waals surface area contributed by atoms with Crippen molar-refractivity contribution in [2.24, 2.45) is 5.92 Å². The minimum absolute atomic E-state index is 0.324. The van der Waals surface area contributed by atoms with Gasteiger partial charge in [0.2, 0.25) is 0 Å². The van der Waals surface area contributed by atoms with Crippen LogP contribution in [0, 0.1) is 5.92 Å². The van der Waals surface area contributed by atoms with Crippen molar-refractivity contribution < 1.29 is 0 Å². The Morgan fingerprint density at radius 1 is 1.33 bits per heavy atom. The molecule has 1 nitrogen and oxygen atoms in total. The molecule has 2 unspecified atom stereocenters. The van der Waals surface area contributed by atoms with Crippen molar-refractivity contribution in [3.05, 3.63) is 33.8 Å². The largest absolute Gasteiger partial charge is 0.307 e. The average molecular weight is 286 g/mol. The van der Waals surface area contributed by atoms with E-state index in [-0.39, 0.29) is 0 Å². The molecule has 0 heterocycles. The average Bonchev–Trinajstić information content (AvgIpc) is 2.24. The number of rotatable bonds is 5. The highest BCUT2D eigenvalue weighted by atomic mass is 35.5. The second-order valence-electron chi connectivity index (χ2n) is 5.27. The maximum atomic E-state index is 6.29.